The van der Waals surface area contributed by atoms with Gasteiger partial charge in [0.2, 0.25) is 5.91 Å². The van der Waals surface area contributed by atoms with E-state index in [4.69, 9.17) is 4.74 Å². The maximum Gasteiger partial charge on any atom is 0.227 e. The molecule has 5 nitrogen and oxygen atoms in total. The number of carbonyl (C=O) groups is 1. The molecule has 1 saturated heterocycles. The monoisotopic (exact) mass is 272 g/mol. The Balaban J connectivity index is 2.46. The highest BCUT2D eigenvalue weighted by atomic mass is 16.5. The number of amides is 1. The lowest BCUT2D eigenvalue weighted by atomic mass is 10.00. The molecule has 0 aromatic carbocycles. The van der Waals surface area contributed by atoms with Crippen LogP contribution in [0.4, 0.5) is 0 Å². The van der Waals surface area contributed by atoms with Gasteiger partial charge in [-0.15, -0.1) is 0 Å². The van der Waals surface area contributed by atoms with Crippen molar-refractivity contribution in [3.8, 4) is 0 Å². The summed E-state index contributed by atoms with van der Waals surface area (Å²) in [5.74, 6) is 0.296. The fourth-order valence-electron chi connectivity index (χ4n) is 2.40. The zero-order valence-corrected chi connectivity index (χ0v) is 12.3. The van der Waals surface area contributed by atoms with Crippen LogP contribution in [0.15, 0.2) is 0 Å². The van der Waals surface area contributed by atoms with E-state index in [1.165, 1.54) is 0 Å². The first kappa shape index (κ1) is 16.4. The van der Waals surface area contributed by atoms with Crippen molar-refractivity contribution in [2.75, 3.05) is 26.4 Å². The zero-order valence-electron chi connectivity index (χ0n) is 12.3. The van der Waals surface area contributed by atoms with E-state index < -0.39 is 0 Å². The van der Waals surface area contributed by atoms with Crippen LogP contribution in [0.5, 0.6) is 0 Å². The van der Waals surface area contributed by atoms with Gasteiger partial charge in [0.15, 0.2) is 0 Å². The number of nitrogens with one attached hydrogen (secondary N) is 2. The first-order chi connectivity index (χ1) is 9.08. The maximum absolute atomic E-state index is 12.2. The molecule has 3 N–H and O–H groups in total. The van der Waals surface area contributed by atoms with Crippen LogP contribution in [-0.4, -0.2) is 49.5 Å². The summed E-state index contributed by atoms with van der Waals surface area (Å²) in [6.45, 7) is 8.21. The van der Waals surface area contributed by atoms with Gasteiger partial charge < -0.3 is 20.5 Å². The summed E-state index contributed by atoms with van der Waals surface area (Å²) in [5.41, 5.74) is 0. The molecule has 3 unspecified atom stereocenters. The van der Waals surface area contributed by atoms with E-state index in [0.717, 1.165) is 19.4 Å². The highest BCUT2D eigenvalue weighted by Crippen LogP contribution is 2.15. The first-order valence-electron chi connectivity index (χ1n) is 7.30. The van der Waals surface area contributed by atoms with Gasteiger partial charge >= 0.3 is 0 Å². The molecule has 0 aromatic rings. The normalized spacial score (nSPS) is 24.7. The van der Waals surface area contributed by atoms with Gasteiger partial charge in [-0.05, 0) is 25.3 Å². The Kier molecular flexibility index (Phi) is 7.34. The van der Waals surface area contributed by atoms with Crippen LogP contribution in [0, 0.1) is 11.8 Å². The van der Waals surface area contributed by atoms with Crippen LogP contribution in [0.1, 0.15) is 33.6 Å². The van der Waals surface area contributed by atoms with Crippen LogP contribution >= 0.6 is 0 Å². The fraction of sp³-hybridized carbons (Fsp3) is 0.929. The molecule has 3 atom stereocenters. The molecule has 1 heterocycles. The van der Waals surface area contributed by atoms with Gasteiger partial charge in [-0.3, -0.25) is 4.79 Å². The van der Waals surface area contributed by atoms with Crippen molar-refractivity contribution in [1.82, 2.24) is 10.6 Å². The Labute approximate surface area is 116 Å². The third kappa shape index (κ3) is 5.47. The van der Waals surface area contributed by atoms with Gasteiger partial charge in [0.05, 0.1) is 31.8 Å². The Bertz CT molecular complexity index is 271. The first-order valence-corrected chi connectivity index (χ1v) is 7.30. The number of ether oxygens (including phenoxy) is 1. The van der Waals surface area contributed by atoms with Crippen LogP contribution in [-0.2, 0) is 9.53 Å². The van der Waals surface area contributed by atoms with E-state index in [1.54, 1.807) is 0 Å². The Hall–Kier alpha value is -0.650. The van der Waals surface area contributed by atoms with E-state index in [9.17, 15) is 9.90 Å². The van der Waals surface area contributed by atoms with Crippen molar-refractivity contribution in [2.24, 2.45) is 11.8 Å². The van der Waals surface area contributed by atoms with Crippen molar-refractivity contribution in [3.05, 3.63) is 0 Å². The molecule has 1 aliphatic rings. The highest BCUT2D eigenvalue weighted by molar-refractivity contribution is 5.80. The van der Waals surface area contributed by atoms with E-state index in [0.29, 0.717) is 19.1 Å². The number of aliphatic hydroxyl groups is 1. The summed E-state index contributed by atoms with van der Waals surface area (Å²) in [6, 6.07) is -0.0572. The van der Waals surface area contributed by atoms with Gasteiger partial charge in [-0.1, -0.05) is 20.8 Å². The summed E-state index contributed by atoms with van der Waals surface area (Å²) < 4.78 is 5.40. The Morgan fingerprint density at radius 2 is 2.16 bits per heavy atom. The summed E-state index contributed by atoms with van der Waals surface area (Å²) in [4.78, 5) is 12.2. The number of aliphatic hydroxyl groups excluding tert-OH is 1. The van der Waals surface area contributed by atoms with E-state index in [-0.39, 0.29) is 30.5 Å². The van der Waals surface area contributed by atoms with Crippen molar-refractivity contribution in [3.63, 3.8) is 0 Å². The molecule has 0 saturated carbocycles. The van der Waals surface area contributed by atoms with Gasteiger partial charge in [0, 0.05) is 6.04 Å². The number of rotatable bonds is 8. The predicted octanol–water partition coefficient (Wildman–Crippen LogP) is 0.524. The second-order valence-corrected chi connectivity index (χ2v) is 5.72. The molecule has 0 aliphatic carbocycles. The third-order valence-electron chi connectivity index (χ3n) is 3.40. The topological polar surface area (TPSA) is 70.6 Å². The van der Waals surface area contributed by atoms with Crippen molar-refractivity contribution in [2.45, 2.75) is 45.7 Å². The SMILES string of the molecule is CCCNC1COCC1C(=O)NC(CO)CC(C)C. The summed E-state index contributed by atoms with van der Waals surface area (Å²) >= 11 is 0. The predicted molar refractivity (Wildman–Crippen MR) is 74.9 cm³/mol. The van der Waals surface area contributed by atoms with Crippen molar-refractivity contribution in [1.29, 1.82) is 0 Å². The lowest BCUT2D eigenvalue weighted by Crippen LogP contribution is -2.48. The molecule has 0 aromatic heterocycles. The molecule has 1 fully saturated rings. The van der Waals surface area contributed by atoms with Gasteiger partial charge in [-0.2, -0.15) is 0 Å². The van der Waals surface area contributed by atoms with Crippen LogP contribution in [0.2, 0.25) is 0 Å². The number of hydrogen-bond donors (Lipinski definition) is 3. The van der Waals surface area contributed by atoms with E-state index in [1.807, 2.05) is 0 Å². The van der Waals surface area contributed by atoms with Gasteiger partial charge in [0.1, 0.15) is 0 Å². The van der Waals surface area contributed by atoms with Gasteiger partial charge in [-0.25, -0.2) is 0 Å². The van der Waals surface area contributed by atoms with Crippen LogP contribution in [0.25, 0.3) is 0 Å². The van der Waals surface area contributed by atoms with Crippen LogP contribution < -0.4 is 10.6 Å². The average molecular weight is 272 g/mol. The minimum absolute atomic E-state index is 0.00852. The Morgan fingerprint density at radius 3 is 2.74 bits per heavy atom. The van der Waals surface area contributed by atoms with E-state index in [2.05, 4.69) is 31.4 Å². The molecule has 1 aliphatic heterocycles. The molecule has 5 heteroatoms. The second kappa shape index (κ2) is 8.51. The number of carbonyl (C=O) groups excluding carboxylic acids is 1. The summed E-state index contributed by atoms with van der Waals surface area (Å²) in [7, 11) is 0. The molecule has 1 rings (SSSR count). The second-order valence-electron chi connectivity index (χ2n) is 5.72. The molecule has 0 spiro atoms. The highest BCUT2D eigenvalue weighted by Gasteiger charge is 2.34. The lowest BCUT2D eigenvalue weighted by Gasteiger charge is -2.23. The maximum atomic E-state index is 12.2. The minimum Gasteiger partial charge on any atom is -0.394 e. The molecular formula is C14H28N2O3. The fourth-order valence-corrected chi connectivity index (χ4v) is 2.40. The smallest absolute Gasteiger partial charge is 0.227 e. The number of hydrogen-bond acceptors (Lipinski definition) is 4. The summed E-state index contributed by atoms with van der Waals surface area (Å²) in [5, 5.41) is 15.6. The largest absolute Gasteiger partial charge is 0.394 e. The van der Waals surface area contributed by atoms with Gasteiger partial charge in [0.25, 0.3) is 0 Å². The third-order valence-corrected chi connectivity index (χ3v) is 3.40. The van der Waals surface area contributed by atoms with Crippen molar-refractivity contribution < 1.29 is 14.6 Å². The minimum atomic E-state index is -0.153. The lowest BCUT2D eigenvalue weighted by molar-refractivity contribution is -0.126. The Morgan fingerprint density at radius 1 is 1.42 bits per heavy atom. The zero-order chi connectivity index (χ0) is 14.3. The molecule has 112 valence electrons. The molecule has 0 radical (unpaired) electrons. The molecular weight excluding hydrogens is 244 g/mol. The molecule has 0 bridgehead atoms. The average Bonchev–Trinajstić information content (AvgIpc) is 2.83. The standard InChI is InChI=1S/C14H28N2O3/c1-4-5-15-13-9-19-8-12(13)14(18)16-11(7-17)6-10(2)3/h10-13,15,17H,4-9H2,1-3H3,(H,16,18). The van der Waals surface area contributed by atoms with Crippen LogP contribution in [0.3, 0.4) is 0 Å². The molecule has 19 heavy (non-hydrogen) atoms. The summed E-state index contributed by atoms with van der Waals surface area (Å²) in [6.07, 6.45) is 1.83. The van der Waals surface area contributed by atoms with E-state index >= 15 is 0 Å². The molecule has 1 amide bonds. The quantitative estimate of drug-likeness (QED) is 0.602. The van der Waals surface area contributed by atoms with Crippen molar-refractivity contribution >= 4 is 5.91 Å².